The van der Waals surface area contributed by atoms with Crippen molar-refractivity contribution in [1.29, 1.82) is 0 Å². The number of hydrogen-bond donors (Lipinski definition) is 1. The lowest BCUT2D eigenvalue weighted by molar-refractivity contribution is -0.145. The van der Waals surface area contributed by atoms with Crippen molar-refractivity contribution < 1.29 is 9.59 Å². The van der Waals surface area contributed by atoms with E-state index in [9.17, 15) is 9.59 Å². The van der Waals surface area contributed by atoms with E-state index < -0.39 is 5.41 Å². The molecular formula is C17H21ClN2O2. The number of hydrogen-bond acceptors (Lipinski definition) is 2. The number of piperidine rings is 1. The molecule has 1 aliphatic carbocycles. The van der Waals surface area contributed by atoms with Crippen LogP contribution in [0.5, 0.6) is 0 Å². The Bertz CT molecular complexity index is 561. The number of nitrogens with zero attached hydrogens (tertiary/aromatic N) is 1. The second-order valence-corrected chi connectivity index (χ2v) is 6.68. The number of benzene rings is 1. The Kier molecular flexibility index (Phi) is 4.39. The zero-order valence-electron chi connectivity index (χ0n) is 12.6. The summed E-state index contributed by atoms with van der Waals surface area (Å²) in [6, 6.07) is 7.37. The SMILES string of the molecule is O=C(NCc1ccc(Cl)cc1)C1(C(=O)N2CCCCC2)CC1. The van der Waals surface area contributed by atoms with E-state index in [0.717, 1.165) is 31.5 Å². The van der Waals surface area contributed by atoms with Crippen LogP contribution in [0, 0.1) is 5.41 Å². The molecule has 0 spiro atoms. The number of nitrogens with one attached hydrogen (secondary N) is 1. The molecule has 4 nitrogen and oxygen atoms in total. The fourth-order valence-electron chi connectivity index (χ4n) is 3.02. The van der Waals surface area contributed by atoms with Gasteiger partial charge in [0.25, 0.3) is 0 Å². The summed E-state index contributed by atoms with van der Waals surface area (Å²) in [4.78, 5) is 27.0. The van der Waals surface area contributed by atoms with Gasteiger partial charge in [0.1, 0.15) is 5.41 Å². The Balaban J connectivity index is 1.58. The number of carbonyl (C=O) groups excluding carboxylic acids is 2. The van der Waals surface area contributed by atoms with E-state index in [4.69, 9.17) is 11.6 Å². The molecule has 1 aliphatic heterocycles. The normalized spacial score (nSPS) is 19.6. The highest BCUT2D eigenvalue weighted by Gasteiger charge is 2.57. The van der Waals surface area contributed by atoms with E-state index in [0.29, 0.717) is 24.4 Å². The van der Waals surface area contributed by atoms with Crippen LogP contribution in [0.4, 0.5) is 0 Å². The molecule has 0 bridgehead atoms. The molecule has 0 radical (unpaired) electrons. The molecule has 0 atom stereocenters. The molecule has 2 fully saturated rings. The quantitative estimate of drug-likeness (QED) is 0.867. The fourth-order valence-corrected chi connectivity index (χ4v) is 3.14. The maximum atomic E-state index is 12.6. The van der Waals surface area contributed by atoms with Crippen molar-refractivity contribution in [3.63, 3.8) is 0 Å². The molecule has 0 unspecified atom stereocenters. The Labute approximate surface area is 135 Å². The van der Waals surface area contributed by atoms with Crippen molar-refractivity contribution >= 4 is 23.4 Å². The van der Waals surface area contributed by atoms with Crippen LogP contribution < -0.4 is 5.32 Å². The Morgan fingerprint density at radius 1 is 1.09 bits per heavy atom. The second-order valence-electron chi connectivity index (χ2n) is 6.24. The summed E-state index contributed by atoms with van der Waals surface area (Å²) in [6.45, 7) is 2.03. The largest absolute Gasteiger partial charge is 0.351 e. The van der Waals surface area contributed by atoms with Crippen molar-refractivity contribution in [2.45, 2.75) is 38.6 Å². The van der Waals surface area contributed by atoms with E-state index in [1.54, 1.807) is 12.1 Å². The number of rotatable bonds is 4. The predicted molar refractivity (Wildman–Crippen MR) is 85.4 cm³/mol. The first-order valence-corrected chi connectivity index (χ1v) is 8.32. The van der Waals surface area contributed by atoms with Gasteiger partial charge in [-0.15, -0.1) is 0 Å². The Morgan fingerprint density at radius 2 is 1.73 bits per heavy atom. The van der Waals surface area contributed by atoms with Crippen LogP contribution in [-0.2, 0) is 16.1 Å². The van der Waals surface area contributed by atoms with Gasteiger partial charge in [0.05, 0.1) is 0 Å². The summed E-state index contributed by atoms with van der Waals surface area (Å²) >= 11 is 5.85. The lowest BCUT2D eigenvalue weighted by atomic mass is 10.0. The monoisotopic (exact) mass is 320 g/mol. The maximum absolute atomic E-state index is 12.6. The third kappa shape index (κ3) is 3.12. The van der Waals surface area contributed by atoms with Crippen LogP contribution >= 0.6 is 11.6 Å². The van der Waals surface area contributed by atoms with Crippen LogP contribution in [0.15, 0.2) is 24.3 Å². The summed E-state index contributed by atoms with van der Waals surface area (Å²) in [6.07, 6.45) is 4.63. The highest BCUT2D eigenvalue weighted by atomic mass is 35.5. The molecule has 1 N–H and O–H groups in total. The maximum Gasteiger partial charge on any atom is 0.238 e. The first-order chi connectivity index (χ1) is 10.6. The van der Waals surface area contributed by atoms with Crippen molar-refractivity contribution in [1.82, 2.24) is 10.2 Å². The minimum absolute atomic E-state index is 0.0285. The smallest absolute Gasteiger partial charge is 0.238 e. The van der Waals surface area contributed by atoms with Gasteiger partial charge in [-0.1, -0.05) is 23.7 Å². The molecule has 1 saturated heterocycles. The molecule has 3 rings (SSSR count). The van der Waals surface area contributed by atoms with Gasteiger partial charge < -0.3 is 10.2 Å². The summed E-state index contributed by atoms with van der Waals surface area (Å²) < 4.78 is 0. The van der Waals surface area contributed by atoms with Gasteiger partial charge in [0.2, 0.25) is 11.8 Å². The summed E-state index contributed by atoms with van der Waals surface area (Å²) in [5, 5.41) is 3.59. The highest BCUT2D eigenvalue weighted by Crippen LogP contribution is 2.47. The van der Waals surface area contributed by atoms with E-state index in [1.807, 2.05) is 17.0 Å². The standard InChI is InChI=1S/C17H21ClN2O2/c18-14-6-4-13(5-7-14)12-19-15(21)17(8-9-17)16(22)20-10-2-1-3-11-20/h4-7H,1-3,8-12H2,(H,19,21). The van der Waals surface area contributed by atoms with E-state index >= 15 is 0 Å². The summed E-state index contributed by atoms with van der Waals surface area (Å²) in [7, 11) is 0. The molecule has 1 aromatic carbocycles. The third-order valence-corrected chi connectivity index (χ3v) is 4.86. The summed E-state index contributed by atoms with van der Waals surface area (Å²) in [5.41, 5.74) is 0.197. The van der Waals surface area contributed by atoms with Gasteiger partial charge in [-0.05, 0) is 49.8 Å². The second kappa shape index (κ2) is 6.29. The van der Waals surface area contributed by atoms with E-state index in [1.165, 1.54) is 6.42 Å². The molecule has 1 aromatic rings. The number of halogens is 1. The number of carbonyl (C=O) groups is 2. The number of amides is 2. The molecule has 118 valence electrons. The first kappa shape index (κ1) is 15.3. The molecule has 2 aliphatic rings. The van der Waals surface area contributed by atoms with Crippen LogP contribution in [-0.4, -0.2) is 29.8 Å². The third-order valence-electron chi connectivity index (χ3n) is 4.60. The zero-order valence-corrected chi connectivity index (χ0v) is 13.4. The Morgan fingerprint density at radius 3 is 2.32 bits per heavy atom. The van der Waals surface area contributed by atoms with Gasteiger partial charge in [-0.25, -0.2) is 0 Å². The fraction of sp³-hybridized carbons (Fsp3) is 0.529. The van der Waals surface area contributed by atoms with Crippen LogP contribution in [0.3, 0.4) is 0 Å². The van der Waals surface area contributed by atoms with Crippen LogP contribution in [0.2, 0.25) is 5.02 Å². The molecule has 5 heteroatoms. The molecule has 0 aromatic heterocycles. The van der Waals surface area contributed by atoms with Crippen LogP contribution in [0.25, 0.3) is 0 Å². The highest BCUT2D eigenvalue weighted by molar-refractivity contribution is 6.30. The number of likely N-dealkylation sites (tertiary alicyclic amines) is 1. The zero-order chi connectivity index (χ0) is 15.6. The van der Waals surface area contributed by atoms with Gasteiger partial charge in [0.15, 0.2) is 0 Å². The van der Waals surface area contributed by atoms with E-state index in [-0.39, 0.29) is 11.8 Å². The summed E-state index contributed by atoms with van der Waals surface area (Å²) in [5.74, 6) is -0.0983. The van der Waals surface area contributed by atoms with Crippen molar-refractivity contribution in [3.05, 3.63) is 34.9 Å². The average Bonchev–Trinajstić information content (AvgIpc) is 3.36. The van der Waals surface area contributed by atoms with Crippen LogP contribution in [0.1, 0.15) is 37.7 Å². The Hall–Kier alpha value is -1.55. The first-order valence-electron chi connectivity index (χ1n) is 7.94. The van der Waals surface area contributed by atoms with Gasteiger partial charge >= 0.3 is 0 Å². The van der Waals surface area contributed by atoms with Gasteiger partial charge in [-0.2, -0.15) is 0 Å². The van der Waals surface area contributed by atoms with E-state index in [2.05, 4.69) is 5.32 Å². The lowest BCUT2D eigenvalue weighted by Crippen LogP contribution is -2.46. The lowest BCUT2D eigenvalue weighted by Gasteiger charge is -2.30. The predicted octanol–water partition coefficient (Wildman–Crippen LogP) is 2.75. The topological polar surface area (TPSA) is 49.4 Å². The minimum Gasteiger partial charge on any atom is -0.351 e. The molecule has 1 saturated carbocycles. The molecule has 1 heterocycles. The molecular weight excluding hydrogens is 300 g/mol. The van der Waals surface area contributed by atoms with Gasteiger partial charge in [-0.3, -0.25) is 9.59 Å². The average molecular weight is 321 g/mol. The van der Waals surface area contributed by atoms with Crippen molar-refractivity contribution in [3.8, 4) is 0 Å². The molecule has 22 heavy (non-hydrogen) atoms. The minimum atomic E-state index is -0.788. The van der Waals surface area contributed by atoms with Gasteiger partial charge in [0, 0.05) is 24.7 Å². The molecule has 2 amide bonds. The van der Waals surface area contributed by atoms with Crippen molar-refractivity contribution in [2.24, 2.45) is 5.41 Å². The van der Waals surface area contributed by atoms with Crippen molar-refractivity contribution in [2.75, 3.05) is 13.1 Å².